The van der Waals surface area contributed by atoms with Crippen molar-refractivity contribution in [2.75, 3.05) is 6.54 Å². The molecule has 2 aliphatic heterocycles. The Bertz CT molecular complexity index is 794. The highest BCUT2D eigenvalue weighted by Crippen LogP contribution is 2.29. The van der Waals surface area contributed by atoms with Gasteiger partial charge in [0.15, 0.2) is 0 Å². The molecule has 4 rings (SSSR count). The maximum absolute atomic E-state index is 12.9. The van der Waals surface area contributed by atoms with Gasteiger partial charge in [-0.1, -0.05) is 30.3 Å². The molecule has 2 heterocycles. The lowest BCUT2D eigenvalue weighted by Crippen LogP contribution is -2.47. The summed E-state index contributed by atoms with van der Waals surface area (Å²) in [4.78, 5) is 28.7. The summed E-state index contributed by atoms with van der Waals surface area (Å²) >= 11 is 0. The number of carbonyl (C=O) groups excluding carboxylic acids is 2. The van der Waals surface area contributed by atoms with Gasteiger partial charge in [-0.3, -0.25) is 19.9 Å². The molecule has 1 aromatic rings. The molecule has 5 nitrogen and oxygen atoms in total. The third kappa shape index (κ3) is 2.37. The smallest absolute Gasteiger partial charge is 0.254 e. The standard InChI is InChI=1S/C19H19N3O2/c20-17-8-4-10-22(17)19(24)16-7-3-9-21(16)18(23)15-11-13-5-1-2-6-14(13)12-15/h1-2,4-6,10-11,16,20H,3,7-9,12H2/t16-/m0/s1. The fourth-order valence-electron chi connectivity index (χ4n) is 3.69. The molecule has 1 aliphatic carbocycles. The minimum absolute atomic E-state index is 0.0447. The van der Waals surface area contributed by atoms with Crippen LogP contribution in [0.15, 0.2) is 42.1 Å². The summed E-state index contributed by atoms with van der Waals surface area (Å²) in [5.74, 6) is 0.0826. The summed E-state index contributed by atoms with van der Waals surface area (Å²) in [5, 5.41) is 7.86. The van der Waals surface area contributed by atoms with Crippen molar-refractivity contribution in [1.29, 1.82) is 5.41 Å². The van der Waals surface area contributed by atoms with Gasteiger partial charge in [-0.05, 0) is 30.0 Å². The quantitative estimate of drug-likeness (QED) is 0.908. The van der Waals surface area contributed by atoms with E-state index in [1.807, 2.05) is 30.3 Å². The predicted molar refractivity (Wildman–Crippen MR) is 91.2 cm³/mol. The van der Waals surface area contributed by atoms with Gasteiger partial charge in [0.1, 0.15) is 11.9 Å². The van der Waals surface area contributed by atoms with Crippen LogP contribution in [0.4, 0.5) is 0 Å². The third-order valence-electron chi connectivity index (χ3n) is 4.93. The summed E-state index contributed by atoms with van der Waals surface area (Å²) in [7, 11) is 0. The van der Waals surface area contributed by atoms with Crippen LogP contribution in [0.2, 0.25) is 0 Å². The zero-order valence-corrected chi connectivity index (χ0v) is 13.4. The molecule has 122 valence electrons. The van der Waals surface area contributed by atoms with Crippen molar-refractivity contribution >= 4 is 23.7 Å². The maximum atomic E-state index is 12.9. The molecule has 1 aromatic carbocycles. The van der Waals surface area contributed by atoms with E-state index in [2.05, 4.69) is 0 Å². The van der Waals surface area contributed by atoms with Crippen LogP contribution in [0.5, 0.6) is 0 Å². The van der Waals surface area contributed by atoms with Crippen molar-refractivity contribution in [3.8, 4) is 0 Å². The van der Waals surface area contributed by atoms with Crippen LogP contribution < -0.4 is 0 Å². The van der Waals surface area contributed by atoms with E-state index in [0.717, 1.165) is 23.1 Å². The first kappa shape index (κ1) is 14.9. The molecule has 1 atom stereocenters. The first-order valence-corrected chi connectivity index (χ1v) is 8.32. The molecule has 0 spiro atoms. The summed E-state index contributed by atoms with van der Waals surface area (Å²) in [6.45, 7) is 0.605. The molecule has 0 aromatic heterocycles. The highest BCUT2D eigenvalue weighted by molar-refractivity contribution is 6.06. The summed E-state index contributed by atoms with van der Waals surface area (Å²) < 4.78 is 0. The van der Waals surface area contributed by atoms with Crippen molar-refractivity contribution < 1.29 is 9.59 Å². The second-order valence-corrected chi connectivity index (χ2v) is 6.45. The Balaban J connectivity index is 1.53. The number of carbonyl (C=O) groups is 2. The van der Waals surface area contributed by atoms with Gasteiger partial charge in [0, 0.05) is 31.2 Å². The monoisotopic (exact) mass is 321 g/mol. The molecule has 1 N–H and O–H groups in total. The van der Waals surface area contributed by atoms with Gasteiger partial charge in [0.2, 0.25) is 0 Å². The van der Waals surface area contributed by atoms with Crippen molar-refractivity contribution in [3.05, 3.63) is 53.2 Å². The molecule has 5 heteroatoms. The van der Waals surface area contributed by atoms with E-state index in [4.69, 9.17) is 5.41 Å². The van der Waals surface area contributed by atoms with Crippen LogP contribution in [-0.4, -0.2) is 40.0 Å². The van der Waals surface area contributed by atoms with E-state index < -0.39 is 6.04 Å². The van der Waals surface area contributed by atoms with Crippen LogP contribution in [0.25, 0.3) is 6.08 Å². The van der Waals surface area contributed by atoms with Crippen LogP contribution >= 0.6 is 0 Å². The minimum atomic E-state index is -0.454. The molecular formula is C19H19N3O2. The molecule has 0 unspecified atom stereocenters. The van der Waals surface area contributed by atoms with E-state index in [-0.39, 0.29) is 17.6 Å². The number of fused-ring (bicyclic) bond motifs is 1. The number of nitrogens with one attached hydrogen (secondary N) is 1. The van der Waals surface area contributed by atoms with E-state index in [1.54, 1.807) is 17.2 Å². The third-order valence-corrected chi connectivity index (χ3v) is 4.93. The first-order chi connectivity index (χ1) is 11.6. The van der Waals surface area contributed by atoms with E-state index in [1.165, 1.54) is 4.90 Å². The van der Waals surface area contributed by atoms with Crippen molar-refractivity contribution in [3.63, 3.8) is 0 Å². The van der Waals surface area contributed by atoms with Gasteiger partial charge in [0.05, 0.1) is 0 Å². The number of likely N-dealkylation sites (tertiary alicyclic amines) is 1. The van der Waals surface area contributed by atoms with Gasteiger partial charge >= 0.3 is 0 Å². The Labute approximate surface area is 140 Å². The molecular weight excluding hydrogens is 302 g/mol. The van der Waals surface area contributed by atoms with Gasteiger partial charge in [-0.25, -0.2) is 0 Å². The lowest BCUT2D eigenvalue weighted by molar-refractivity contribution is -0.138. The summed E-state index contributed by atoms with van der Waals surface area (Å²) in [5.41, 5.74) is 3.00. The Hall–Kier alpha value is -2.69. The summed E-state index contributed by atoms with van der Waals surface area (Å²) in [6.07, 6.45) is 8.00. The fraction of sp³-hybridized carbons (Fsp3) is 0.316. The van der Waals surface area contributed by atoms with Gasteiger partial charge < -0.3 is 4.90 Å². The lowest BCUT2D eigenvalue weighted by atomic mass is 10.1. The number of amides is 2. The fourth-order valence-corrected chi connectivity index (χ4v) is 3.69. The number of amidine groups is 1. The second-order valence-electron chi connectivity index (χ2n) is 6.45. The normalized spacial score (nSPS) is 22.1. The SMILES string of the molecule is N=C1CC=CN1C(=O)[C@@H]1CCCN1C(=O)C1=Cc2ccccc2C1. The Morgan fingerprint density at radius 1 is 1.21 bits per heavy atom. The number of hydrogen-bond acceptors (Lipinski definition) is 3. The summed E-state index contributed by atoms with van der Waals surface area (Å²) in [6, 6.07) is 7.54. The van der Waals surface area contributed by atoms with E-state index >= 15 is 0 Å². The van der Waals surface area contributed by atoms with Crippen LogP contribution in [0.1, 0.15) is 30.4 Å². The number of hydrogen-bond donors (Lipinski definition) is 1. The first-order valence-electron chi connectivity index (χ1n) is 8.32. The maximum Gasteiger partial charge on any atom is 0.254 e. The molecule has 2 amide bonds. The lowest BCUT2D eigenvalue weighted by Gasteiger charge is -2.27. The Kier molecular flexibility index (Phi) is 3.56. The minimum Gasteiger partial charge on any atom is -0.327 e. The molecule has 1 fully saturated rings. The second kappa shape index (κ2) is 5.74. The van der Waals surface area contributed by atoms with Crippen molar-refractivity contribution in [1.82, 2.24) is 9.80 Å². The molecule has 24 heavy (non-hydrogen) atoms. The molecule has 0 bridgehead atoms. The molecule has 1 saturated heterocycles. The van der Waals surface area contributed by atoms with Crippen LogP contribution in [0, 0.1) is 5.41 Å². The van der Waals surface area contributed by atoms with Crippen molar-refractivity contribution in [2.24, 2.45) is 0 Å². The predicted octanol–water partition coefficient (Wildman–Crippen LogP) is 2.34. The van der Waals surface area contributed by atoms with E-state index in [9.17, 15) is 9.59 Å². The zero-order chi connectivity index (χ0) is 16.7. The number of benzene rings is 1. The number of nitrogens with zero attached hydrogens (tertiary/aromatic N) is 2. The average Bonchev–Trinajstić information content (AvgIpc) is 3.32. The zero-order valence-electron chi connectivity index (χ0n) is 13.4. The van der Waals surface area contributed by atoms with Gasteiger partial charge in [-0.15, -0.1) is 0 Å². The number of rotatable bonds is 2. The van der Waals surface area contributed by atoms with Gasteiger partial charge in [0.25, 0.3) is 11.8 Å². The van der Waals surface area contributed by atoms with Crippen LogP contribution in [-0.2, 0) is 16.0 Å². The van der Waals surface area contributed by atoms with Crippen LogP contribution in [0.3, 0.4) is 0 Å². The molecule has 0 saturated carbocycles. The Morgan fingerprint density at radius 3 is 2.79 bits per heavy atom. The van der Waals surface area contributed by atoms with Crippen molar-refractivity contribution in [2.45, 2.75) is 31.7 Å². The Morgan fingerprint density at radius 2 is 2.04 bits per heavy atom. The highest BCUT2D eigenvalue weighted by Gasteiger charge is 2.39. The topological polar surface area (TPSA) is 64.5 Å². The molecule has 3 aliphatic rings. The largest absolute Gasteiger partial charge is 0.327 e. The van der Waals surface area contributed by atoms with E-state index in [0.29, 0.717) is 25.8 Å². The highest BCUT2D eigenvalue weighted by atomic mass is 16.2. The average molecular weight is 321 g/mol. The van der Waals surface area contributed by atoms with Gasteiger partial charge in [-0.2, -0.15) is 0 Å². The molecule has 0 radical (unpaired) electrons.